The SMILES string of the molecule is CNc1ncnc(-c2ccc(OC)c(F)c2)c1OC. The smallest absolute Gasteiger partial charge is 0.187 e. The molecule has 0 aliphatic heterocycles. The van der Waals surface area contributed by atoms with Crippen LogP contribution in [0.3, 0.4) is 0 Å². The number of hydrogen-bond donors (Lipinski definition) is 1. The van der Waals surface area contributed by atoms with Crippen LogP contribution in [-0.4, -0.2) is 31.2 Å². The monoisotopic (exact) mass is 263 g/mol. The first kappa shape index (κ1) is 13.1. The standard InChI is InChI=1S/C13H14FN3O2/c1-15-13-12(19-3)11(16-7-17-13)8-4-5-10(18-2)9(14)6-8/h4-7H,1-3H3,(H,15,16,17). The first-order valence-electron chi connectivity index (χ1n) is 5.62. The fraction of sp³-hybridized carbons (Fsp3) is 0.231. The fourth-order valence-electron chi connectivity index (χ4n) is 1.76. The summed E-state index contributed by atoms with van der Waals surface area (Å²) >= 11 is 0. The topological polar surface area (TPSA) is 56.3 Å². The zero-order chi connectivity index (χ0) is 13.8. The van der Waals surface area contributed by atoms with Crippen molar-refractivity contribution in [1.82, 2.24) is 9.97 Å². The minimum Gasteiger partial charge on any atom is -0.494 e. The second kappa shape index (κ2) is 5.51. The van der Waals surface area contributed by atoms with Crippen LogP contribution in [0.5, 0.6) is 11.5 Å². The summed E-state index contributed by atoms with van der Waals surface area (Å²) < 4.78 is 23.9. The highest BCUT2D eigenvalue weighted by atomic mass is 19.1. The van der Waals surface area contributed by atoms with Crippen LogP contribution < -0.4 is 14.8 Å². The summed E-state index contributed by atoms with van der Waals surface area (Å²) in [6.07, 6.45) is 1.39. The molecular weight excluding hydrogens is 249 g/mol. The molecule has 0 unspecified atom stereocenters. The number of nitrogens with zero attached hydrogens (tertiary/aromatic N) is 2. The van der Waals surface area contributed by atoms with Gasteiger partial charge in [-0.05, 0) is 18.2 Å². The van der Waals surface area contributed by atoms with E-state index in [1.807, 2.05) is 0 Å². The molecule has 1 aromatic carbocycles. The van der Waals surface area contributed by atoms with Gasteiger partial charge in [0.25, 0.3) is 0 Å². The Hall–Kier alpha value is -2.37. The molecule has 0 radical (unpaired) electrons. The van der Waals surface area contributed by atoms with E-state index in [1.165, 1.54) is 26.6 Å². The van der Waals surface area contributed by atoms with Gasteiger partial charge in [0.2, 0.25) is 0 Å². The minimum absolute atomic E-state index is 0.186. The predicted molar refractivity (Wildman–Crippen MR) is 70.1 cm³/mol. The van der Waals surface area contributed by atoms with Gasteiger partial charge in [0.1, 0.15) is 12.0 Å². The van der Waals surface area contributed by atoms with Crippen LogP contribution in [0.25, 0.3) is 11.3 Å². The lowest BCUT2D eigenvalue weighted by Gasteiger charge is -2.11. The maximum absolute atomic E-state index is 13.7. The zero-order valence-corrected chi connectivity index (χ0v) is 10.9. The lowest BCUT2D eigenvalue weighted by atomic mass is 10.1. The summed E-state index contributed by atoms with van der Waals surface area (Å²) in [4.78, 5) is 8.19. The van der Waals surface area contributed by atoms with Crippen molar-refractivity contribution in [3.8, 4) is 22.8 Å². The van der Waals surface area contributed by atoms with Crippen molar-refractivity contribution in [2.75, 3.05) is 26.6 Å². The highest BCUT2D eigenvalue weighted by Crippen LogP contribution is 2.34. The van der Waals surface area contributed by atoms with Crippen molar-refractivity contribution in [3.05, 3.63) is 30.3 Å². The number of hydrogen-bond acceptors (Lipinski definition) is 5. The Bertz CT molecular complexity index is 590. The van der Waals surface area contributed by atoms with Gasteiger partial charge in [-0.25, -0.2) is 14.4 Å². The van der Waals surface area contributed by atoms with Gasteiger partial charge in [-0.1, -0.05) is 0 Å². The Kier molecular flexibility index (Phi) is 3.79. The number of nitrogens with one attached hydrogen (secondary N) is 1. The number of benzene rings is 1. The van der Waals surface area contributed by atoms with Gasteiger partial charge in [-0.2, -0.15) is 0 Å². The Morgan fingerprint density at radius 2 is 1.95 bits per heavy atom. The van der Waals surface area contributed by atoms with Crippen molar-refractivity contribution in [3.63, 3.8) is 0 Å². The average molecular weight is 263 g/mol. The summed E-state index contributed by atoms with van der Waals surface area (Å²) in [7, 11) is 4.66. The number of ether oxygens (including phenoxy) is 2. The molecule has 0 aliphatic carbocycles. The van der Waals surface area contributed by atoms with Crippen LogP contribution >= 0.6 is 0 Å². The number of rotatable bonds is 4. The van der Waals surface area contributed by atoms with Gasteiger partial charge in [0.05, 0.1) is 14.2 Å². The lowest BCUT2D eigenvalue weighted by Crippen LogP contribution is -2.00. The van der Waals surface area contributed by atoms with Crippen LogP contribution in [0.15, 0.2) is 24.5 Å². The van der Waals surface area contributed by atoms with Gasteiger partial charge in [0.15, 0.2) is 23.1 Å². The Labute approximate surface area is 110 Å². The molecule has 2 rings (SSSR count). The molecule has 0 amide bonds. The molecule has 2 aromatic rings. The molecule has 6 heteroatoms. The zero-order valence-electron chi connectivity index (χ0n) is 10.9. The highest BCUT2D eigenvalue weighted by Gasteiger charge is 2.14. The fourth-order valence-corrected chi connectivity index (χ4v) is 1.76. The van der Waals surface area contributed by atoms with E-state index in [1.54, 1.807) is 19.2 Å². The second-order valence-corrected chi connectivity index (χ2v) is 3.70. The quantitative estimate of drug-likeness (QED) is 0.917. The average Bonchev–Trinajstić information content (AvgIpc) is 2.46. The molecule has 0 bridgehead atoms. The van der Waals surface area contributed by atoms with Crippen LogP contribution in [0, 0.1) is 5.82 Å². The second-order valence-electron chi connectivity index (χ2n) is 3.70. The Morgan fingerprint density at radius 1 is 1.16 bits per heavy atom. The largest absolute Gasteiger partial charge is 0.494 e. The van der Waals surface area contributed by atoms with Gasteiger partial charge in [0, 0.05) is 12.6 Å². The van der Waals surface area contributed by atoms with E-state index in [-0.39, 0.29) is 5.75 Å². The minimum atomic E-state index is -0.452. The summed E-state index contributed by atoms with van der Waals surface area (Å²) in [6, 6.07) is 4.61. The lowest BCUT2D eigenvalue weighted by molar-refractivity contribution is 0.386. The molecule has 5 nitrogen and oxygen atoms in total. The molecule has 100 valence electrons. The van der Waals surface area contributed by atoms with Gasteiger partial charge in [-0.3, -0.25) is 0 Å². The molecule has 0 saturated heterocycles. The normalized spacial score (nSPS) is 10.1. The third-order valence-electron chi connectivity index (χ3n) is 2.67. The summed E-state index contributed by atoms with van der Waals surface area (Å²) in [5.41, 5.74) is 1.11. The maximum atomic E-state index is 13.7. The van der Waals surface area contributed by atoms with Gasteiger partial charge < -0.3 is 14.8 Å². The van der Waals surface area contributed by atoms with Crippen LogP contribution in [0.1, 0.15) is 0 Å². The molecule has 0 aliphatic rings. The Morgan fingerprint density at radius 3 is 2.53 bits per heavy atom. The van der Waals surface area contributed by atoms with E-state index in [0.29, 0.717) is 22.8 Å². The van der Waals surface area contributed by atoms with E-state index < -0.39 is 5.82 Å². The third-order valence-corrected chi connectivity index (χ3v) is 2.67. The number of methoxy groups -OCH3 is 2. The summed E-state index contributed by atoms with van der Waals surface area (Å²) in [6.45, 7) is 0. The van der Waals surface area contributed by atoms with Crippen molar-refractivity contribution in [2.45, 2.75) is 0 Å². The van der Waals surface area contributed by atoms with Crippen LogP contribution in [-0.2, 0) is 0 Å². The van der Waals surface area contributed by atoms with Crippen molar-refractivity contribution < 1.29 is 13.9 Å². The van der Waals surface area contributed by atoms with Crippen LogP contribution in [0.2, 0.25) is 0 Å². The maximum Gasteiger partial charge on any atom is 0.187 e. The molecule has 1 N–H and O–H groups in total. The van der Waals surface area contributed by atoms with E-state index in [9.17, 15) is 4.39 Å². The molecular formula is C13H14FN3O2. The number of halogens is 1. The molecule has 19 heavy (non-hydrogen) atoms. The molecule has 0 spiro atoms. The third kappa shape index (κ3) is 2.42. The van der Waals surface area contributed by atoms with E-state index in [4.69, 9.17) is 9.47 Å². The molecule has 0 atom stereocenters. The van der Waals surface area contributed by atoms with Gasteiger partial charge >= 0.3 is 0 Å². The van der Waals surface area contributed by atoms with Crippen molar-refractivity contribution in [2.24, 2.45) is 0 Å². The summed E-state index contributed by atoms with van der Waals surface area (Å²) in [5, 5.41) is 2.90. The predicted octanol–water partition coefficient (Wildman–Crippen LogP) is 2.34. The Balaban J connectivity index is 2.55. The van der Waals surface area contributed by atoms with E-state index in [0.717, 1.165) is 0 Å². The number of anilines is 1. The van der Waals surface area contributed by atoms with E-state index >= 15 is 0 Å². The van der Waals surface area contributed by atoms with Crippen LogP contribution in [0.4, 0.5) is 10.2 Å². The summed E-state index contributed by atoms with van der Waals surface area (Å²) in [5.74, 6) is 0.746. The van der Waals surface area contributed by atoms with Crippen molar-refractivity contribution in [1.29, 1.82) is 0 Å². The molecule has 0 saturated carbocycles. The molecule has 1 heterocycles. The first-order chi connectivity index (χ1) is 9.21. The molecule has 1 aromatic heterocycles. The highest BCUT2D eigenvalue weighted by molar-refractivity contribution is 5.72. The van der Waals surface area contributed by atoms with Gasteiger partial charge in [-0.15, -0.1) is 0 Å². The first-order valence-corrected chi connectivity index (χ1v) is 5.62. The molecule has 0 fully saturated rings. The van der Waals surface area contributed by atoms with Crippen molar-refractivity contribution >= 4 is 5.82 Å². The number of aromatic nitrogens is 2. The van der Waals surface area contributed by atoms with E-state index in [2.05, 4.69) is 15.3 Å².